The molecule has 1 N–H and O–H groups in total. The van der Waals surface area contributed by atoms with Crippen LogP contribution >= 0.6 is 0 Å². The SMILES string of the molecule is COc1ccc(S(=O)(=O)N(CC(=O)NC(C)c2ccc3c(c2)CCCC3)c2cc(C)cc(C)c2)cc1OC. The van der Waals surface area contributed by atoms with Crippen molar-refractivity contribution in [3.05, 3.63) is 82.4 Å². The minimum atomic E-state index is -4.12. The Morgan fingerprint density at radius 2 is 1.55 bits per heavy atom. The Balaban J connectivity index is 1.64. The van der Waals surface area contributed by atoms with E-state index in [9.17, 15) is 13.2 Å². The number of anilines is 1. The lowest BCUT2D eigenvalue weighted by molar-refractivity contribution is -0.120. The number of methoxy groups -OCH3 is 2. The van der Waals surface area contributed by atoms with E-state index in [0.717, 1.165) is 33.8 Å². The average Bonchev–Trinajstić information content (AvgIpc) is 2.90. The summed E-state index contributed by atoms with van der Waals surface area (Å²) in [6.07, 6.45) is 4.53. The van der Waals surface area contributed by atoms with Crippen LogP contribution < -0.4 is 19.1 Å². The standard InChI is InChI=1S/C30H36N2O5S/c1-20-14-21(2)16-26(15-20)32(38(34,35)27-12-13-28(36-4)29(18-27)37-5)19-30(33)31-22(3)24-11-10-23-8-6-7-9-25(23)17-24/h10-18,22H,6-9,19H2,1-5H3,(H,31,33). The molecule has 202 valence electrons. The lowest BCUT2D eigenvalue weighted by Crippen LogP contribution is -2.41. The fraction of sp³-hybridized carbons (Fsp3) is 0.367. The summed E-state index contributed by atoms with van der Waals surface area (Å²) in [7, 11) is -1.18. The molecule has 0 heterocycles. The van der Waals surface area contributed by atoms with Crippen molar-refractivity contribution in [3.63, 3.8) is 0 Å². The summed E-state index contributed by atoms with van der Waals surface area (Å²) in [5.41, 5.74) is 5.95. The molecule has 0 fully saturated rings. The number of aryl methyl sites for hydroxylation is 4. The molecule has 0 radical (unpaired) electrons. The van der Waals surface area contributed by atoms with Crippen LogP contribution in [0.5, 0.6) is 11.5 Å². The van der Waals surface area contributed by atoms with E-state index >= 15 is 0 Å². The van der Waals surface area contributed by atoms with E-state index in [0.29, 0.717) is 17.2 Å². The molecule has 0 aliphatic heterocycles. The molecular formula is C30H36N2O5S. The van der Waals surface area contributed by atoms with Gasteiger partial charge in [-0.3, -0.25) is 9.10 Å². The third-order valence-corrected chi connectivity index (χ3v) is 8.74. The number of carbonyl (C=O) groups excluding carboxylic acids is 1. The van der Waals surface area contributed by atoms with Crippen LogP contribution in [0.1, 0.15) is 53.6 Å². The van der Waals surface area contributed by atoms with Crippen LogP contribution in [0.3, 0.4) is 0 Å². The van der Waals surface area contributed by atoms with Crippen molar-refractivity contribution in [1.29, 1.82) is 0 Å². The number of nitrogens with zero attached hydrogens (tertiary/aromatic N) is 1. The van der Waals surface area contributed by atoms with E-state index in [-0.39, 0.29) is 17.5 Å². The topological polar surface area (TPSA) is 84.9 Å². The van der Waals surface area contributed by atoms with Crippen molar-refractivity contribution >= 4 is 21.6 Å². The summed E-state index contributed by atoms with van der Waals surface area (Å²) in [6, 6.07) is 16.0. The minimum Gasteiger partial charge on any atom is -0.493 e. The third kappa shape index (κ3) is 5.96. The molecule has 3 aromatic rings. The number of hydrogen-bond donors (Lipinski definition) is 1. The molecule has 3 aromatic carbocycles. The van der Waals surface area contributed by atoms with Gasteiger partial charge in [-0.1, -0.05) is 24.3 Å². The zero-order chi connectivity index (χ0) is 27.4. The fourth-order valence-corrected chi connectivity index (χ4v) is 6.46. The monoisotopic (exact) mass is 536 g/mol. The normalized spacial score (nSPS) is 13.8. The maximum absolute atomic E-state index is 13.9. The van der Waals surface area contributed by atoms with Gasteiger partial charge in [-0.25, -0.2) is 8.42 Å². The first-order valence-electron chi connectivity index (χ1n) is 12.9. The van der Waals surface area contributed by atoms with Crippen LogP contribution in [0.2, 0.25) is 0 Å². The predicted molar refractivity (Wildman–Crippen MR) is 150 cm³/mol. The number of sulfonamides is 1. The molecule has 0 saturated carbocycles. The van der Waals surface area contributed by atoms with Gasteiger partial charge in [0, 0.05) is 6.07 Å². The van der Waals surface area contributed by atoms with Gasteiger partial charge < -0.3 is 14.8 Å². The molecule has 1 unspecified atom stereocenters. The van der Waals surface area contributed by atoms with Crippen LogP contribution in [0.15, 0.2) is 59.5 Å². The molecule has 4 rings (SSSR count). The van der Waals surface area contributed by atoms with E-state index in [4.69, 9.17) is 9.47 Å². The Labute approximate surface area is 225 Å². The number of hydrogen-bond acceptors (Lipinski definition) is 5. The number of carbonyl (C=O) groups is 1. The summed E-state index contributed by atoms with van der Waals surface area (Å²) < 4.78 is 39.6. The van der Waals surface area contributed by atoms with Gasteiger partial charge in [-0.2, -0.15) is 0 Å². The molecule has 1 atom stereocenters. The van der Waals surface area contributed by atoms with Crippen molar-refractivity contribution in [2.75, 3.05) is 25.1 Å². The summed E-state index contributed by atoms with van der Waals surface area (Å²) in [5.74, 6) is 0.318. The molecule has 0 spiro atoms. The predicted octanol–water partition coefficient (Wildman–Crippen LogP) is 5.27. The van der Waals surface area contributed by atoms with Gasteiger partial charge >= 0.3 is 0 Å². The number of nitrogens with one attached hydrogen (secondary N) is 1. The van der Waals surface area contributed by atoms with Gasteiger partial charge in [0.25, 0.3) is 10.0 Å². The quantitative estimate of drug-likeness (QED) is 0.403. The molecule has 0 bridgehead atoms. The molecule has 0 saturated heterocycles. The van der Waals surface area contributed by atoms with Gasteiger partial charge in [0.2, 0.25) is 5.91 Å². The summed E-state index contributed by atoms with van der Waals surface area (Å²) in [6.45, 7) is 5.35. The molecule has 38 heavy (non-hydrogen) atoms. The summed E-state index contributed by atoms with van der Waals surface area (Å²) in [5, 5.41) is 3.01. The molecule has 8 heteroatoms. The van der Waals surface area contributed by atoms with Crippen LogP contribution in [0.25, 0.3) is 0 Å². The number of rotatable bonds is 9. The zero-order valence-electron chi connectivity index (χ0n) is 22.7. The van der Waals surface area contributed by atoms with E-state index < -0.39 is 15.9 Å². The van der Waals surface area contributed by atoms with E-state index in [2.05, 4.69) is 23.5 Å². The van der Waals surface area contributed by atoms with Crippen LogP contribution in [0, 0.1) is 13.8 Å². The second-order valence-corrected chi connectivity index (χ2v) is 11.8. The van der Waals surface area contributed by atoms with Crippen LogP contribution in [0.4, 0.5) is 5.69 Å². The van der Waals surface area contributed by atoms with E-state index in [1.165, 1.54) is 50.3 Å². The second-order valence-electron chi connectivity index (χ2n) is 9.90. The van der Waals surface area contributed by atoms with Crippen LogP contribution in [-0.2, 0) is 27.7 Å². The first-order valence-corrected chi connectivity index (χ1v) is 14.3. The first-order chi connectivity index (χ1) is 18.1. The van der Waals surface area contributed by atoms with Gasteiger partial charge in [0.15, 0.2) is 11.5 Å². The lowest BCUT2D eigenvalue weighted by Gasteiger charge is -2.26. The maximum Gasteiger partial charge on any atom is 0.264 e. The fourth-order valence-electron chi connectivity index (χ4n) is 5.04. The Morgan fingerprint density at radius 3 is 2.21 bits per heavy atom. The Kier molecular flexibility index (Phi) is 8.31. The number of benzene rings is 3. The largest absolute Gasteiger partial charge is 0.493 e. The number of fused-ring (bicyclic) bond motifs is 1. The molecule has 1 amide bonds. The van der Waals surface area contributed by atoms with E-state index in [1.54, 1.807) is 18.2 Å². The molecule has 7 nitrogen and oxygen atoms in total. The summed E-state index contributed by atoms with van der Waals surface area (Å²) in [4.78, 5) is 13.3. The Hall–Kier alpha value is -3.52. The minimum absolute atomic E-state index is 0.00449. The van der Waals surface area contributed by atoms with Gasteiger partial charge in [0.05, 0.1) is 30.8 Å². The number of amides is 1. The summed E-state index contributed by atoms with van der Waals surface area (Å²) >= 11 is 0. The molecule has 1 aliphatic carbocycles. The number of ether oxygens (including phenoxy) is 2. The maximum atomic E-state index is 13.9. The average molecular weight is 537 g/mol. The van der Waals surface area contributed by atoms with Crippen molar-refractivity contribution in [2.24, 2.45) is 0 Å². The van der Waals surface area contributed by atoms with Crippen LogP contribution in [-0.4, -0.2) is 35.1 Å². The molecular weight excluding hydrogens is 500 g/mol. The van der Waals surface area contributed by atoms with Crippen molar-refractivity contribution in [2.45, 2.75) is 57.4 Å². The first kappa shape index (κ1) is 27.5. The second kappa shape index (κ2) is 11.5. The zero-order valence-corrected chi connectivity index (χ0v) is 23.5. The highest BCUT2D eigenvalue weighted by atomic mass is 32.2. The Bertz CT molecular complexity index is 1410. The molecule has 0 aromatic heterocycles. The molecule has 1 aliphatic rings. The Morgan fingerprint density at radius 1 is 0.895 bits per heavy atom. The van der Waals surface area contributed by atoms with Gasteiger partial charge in [0.1, 0.15) is 6.54 Å². The van der Waals surface area contributed by atoms with Crippen molar-refractivity contribution < 1.29 is 22.7 Å². The van der Waals surface area contributed by atoms with E-state index in [1.807, 2.05) is 26.8 Å². The van der Waals surface area contributed by atoms with Crippen molar-refractivity contribution in [3.8, 4) is 11.5 Å². The highest BCUT2D eigenvalue weighted by molar-refractivity contribution is 7.92. The van der Waals surface area contributed by atoms with Gasteiger partial charge in [-0.15, -0.1) is 0 Å². The van der Waals surface area contributed by atoms with Gasteiger partial charge in [-0.05, 0) is 98.5 Å². The smallest absolute Gasteiger partial charge is 0.264 e. The highest BCUT2D eigenvalue weighted by Gasteiger charge is 2.29. The third-order valence-electron chi connectivity index (χ3n) is 6.97. The highest BCUT2D eigenvalue weighted by Crippen LogP contribution is 2.33. The lowest BCUT2D eigenvalue weighted by atomic mass is 9.89. The van der Waals surface area contributed by atoms with Crippen molar-refractivity contribution in [1.82, 2.24) is 5.32 Å².